The molecule has 35 heavy (non-hydrogen) atoms. The number of aliphatic hydroxyl groups is 1. The number of carbonyl (C=O) groups excluding carboxylic acids is 2. The summed E-state index contributed by atoms with van der Waals surface area (Å²) in [5, 5.41) is 9.77. The van der Waals surface area contributed by atoms with Crippen LogP contribution in [-0.2, 0) is 16.0 Å². The molecule has 2 heterocycles. The second-order valence-corrected chi connectivity index (χ2v) is 11.6. The first kappa shape index (κ1) is 24.3. The van der Waals surface area contributed by atoms with E-state index in [0.717, 1.165) is 45.2 Å². The average molecular weight is 489 g/mol. The van der Waals surface area contributed by atoms with Crippen LogP contribution in [0.3, 0.4) is 0 Å². The van der Waals surface area contributed by atoms with Crippen LogP contribution in [0.25, 0.3) is 0 Å². The van der Waals surface area contributed by atoms with Crippen LogP contribution in [0.5, 0.6) is 5.75 Å². The van der Waals surface area contributed by atoms with Gasteiger partial charge < -0.3 is 24.4 Å². The molecule has 2 saturated heterocycles. The molecule has 2 atom stereocenters. The summed E-state index contributed by atoms with van der Waals surface area (Å²) in [5.41, 5.74) is -0.697. The van der Waals surface area contributed by atoms with E-state index in [-0.39, 0.29) is 24.0 Å². The van der Waals surface area contributed by atoms with E-state index in [0.29, 0.717) is 48.8 Å². The number of rotatable bonds is 8. The van der Waals surface area contributed by atoms with Gasteiger partial charge in [-0.1, -0.05) is 6.07 Å². The van der Waals surface area contributed by atoms with E-state index in [9.17, 15) is 19.1 Å². The van der Waals surface area contributed by atoms with Crippen molar-refractivity contribution in [2.24, 2.45) is 17.8 Å². The minimum Gasteiger partial charge on any atom is -0.493 e. The van der Waals surface area contributed by atoms with Crippen molar-refractivity contribution in [3.8, 4) is 5.75 Å². The maximum Gasteiger partial charge on any atom is 0.410 e. The molecule has 0 radical (unpaired) electrons. The van der Waals surface area contributed by atoms with Crippen molar-refractivity contribution in [1.82, 2.24) is 9.80 Å². The second kappa shape index (κ2) is 9.26. The third-order valence-electron chi connectivity index (χ3n) is 8.21. The summed E-state index contributed by atoms with van der Waals surface area (Å²) in [4.78, 5) is 27.9. The zero-order chi connectivity index (χ0) is 24.8. The minimum absolute atomic E-state index is 0.0121. The maximum absolute atomic E-state index is 14.5. The molecule has 2 aliphatic heterocycles. The van der Waals surface area contributed by atoms with Crippen LogP contribution in [0.4, 0.5) is 9.18 Å². The van der Waals surface area contributed by atoms with Crippen molar-refractivity contribution >= 4 is 12.0 Å². The largest absolute Gasteiger partial charge is 0.493 e. The average Bonchev–Trinajstić information content (AvgIpc) is 3.72. The van der Waals surface area contributed by atoms with E-state index in [1.54, 1.807) is 24.0 Å². The van der Waals surface area contributed by atoms with Gasteiger partial charge in [-0.25, -0.2) is 9.18 Å². The molecule has 0 aromatic heterocycles. The highest BCUT2D eigenvalue weighted by molar-refractivity contribution is 5.80. The van der Waals surface area contributed by atoms with Gasteiger partial charge in [-0.2, -0.15) is 0 Å². The van der Waals surface area contributed by atoms with Crippen molar-refractivity contribution in [3.05, 3.63) is 29.6 Å². The topological polar surface area (TPSA) is 79.3 Å². The summed E-state index contributed by atoms with van der Waals surface area (Å²) >= 11 is 0. The molecule has 1 aromatic carbocycles. The predicted octanol–water partition coefficient (Wildman–Crippen LogP) is 3.77. The smallest absolute Gasteiger partial charge is 0.410 e. The van der Waals surface area contributed by atoms with E-state index in [4.69, 9.17) is 9.47 Å². The molecule has 1 N–H and O–H groups in total. The molecular weight excluding hydrogens is 451 g/mol. The van der Waals surface area contributed by atoms with E-state index >= 15 is 0 Å². The fourth-order valence-corrected chi connectivity index (χ4v) is 5.56. The van der Waals surface area contributed by atoms with Crippen LogP contribution >= 0.6 is 0 Å². The van der Waals surface area contributed by atoms with Gasteiger partial charge in [0.1, 0.15) is 17.2 Å². The molecule has 0 bridgehead atoms. The minimum atomic E-state index is -0.827. The van der Waals surface area contributed by atoms with Gasteiger partial charge in [0.05, 0.1) is 31.7 Å². The van der Waals surface area contributed by atoms with Gasteiger partial charge in [0.2, 0.25) is 5.91 Å². The van der Waals surface area contributed by atoms with Crippen LogP contribution in [0.15, 0.2) is 18.2 Å². The molecule has 2 saturated carbocycles. The molecule has 4 fully saturated rings. The van der Waals surface area contributed by atoms with Crippen molar-refractivity contribution in [3.63, 3.8) is 0 Å². The lowest BCUT2D eigenvalue weighted by atomic mass is 9.91. The summed E-state index contributed by atoms with van der Waals surface area (Å²) in [5.74, 6) is 1.87. The normalized spacial score (nSPS) is 26.6. The molecule has 2 unspecified atom stereocenters. The van der Waals surface area contributed by atoms with E-state index in [2.05, 4.69) is 0 Å². The Hall–Kier alpha value is -2.35. The first-order chi connectivity index (χ1) is 16.6. The van der Waals surface area contributed by atoms with E-state index in [1.165, 1.54) is 12.5 Å². The molecule has 2 amide bonds. The number of halogens is 1. The maximum atomic E-state index is 14.5. The highest BCUT2D eigenvalue weighted by atomic mass is 19.1. The molecule has 7 nitrogen and oxygen atoms in total. The van der Waals surface area contributed by atoms with Gasteiger partial charge in [-0.05, 0) is 81.8 Å². The first-order valence-electron chi connectivity index (χ1n) is 13.0. The summed E-state index contributed by atoms with van der Waals surface area (Å²) in [7, 11) is 0. The number of β-amino-alcohol motifs (C(OH)–C–C–N with tert-alkyl or cyclic N) is 1. The van der Waals surface area contributed by atoms with Gasteiger partial charge in [0.25, 0.3) is 0 Å². The Morgan fingerprint density at radius 2 is 1.86 bits per heavy atom. The monoisotopic (exact) mass is 488 g/mol. The van der Waals surface area contributed by atoms with Crippen LogP contribution in [0.1, 0.15) is 57.9 Å². The Morgan fingerprint density at radius 1 is 1.14 bits per heavy atom. The predicted molar refractivity (Wildman–Crippen MR) is 127 cm³/mol. The summed E-state index contributed by atoms with van der Waals surface area (Å²) in [6.07, 6.45) is 6.00. The fraction of sp³-hybridized carbons (Fsp3) is 0.704. The second-order valence-electron chi connectivity index (χ2n) is 11.6. The Kier molecular flexibility index (Phi) is 6.45. The lowest BCUT2D eigenvalue weighted by Gasteiger charge is -2.44. The van der Waals surface area contributed by atoms with E-state index in [1.807, 2.05) is 11.8 Å². The zero-order valence-electron chi connectivity index (χ0n) is 20.8. The van der Waals surface area contributed by atoms with E-state index < -0.39 is 11.4 Å². The van der Waals surface area contributed by atoms with Crippen molar-refractivity contribution in [2.45, 2.75) is 70.0 Å². The number of hydrogen-bond acceptors (Lipinski definition) is 5. The molecule has 5 rings (SSSR count). The third kappa shape index (κ3) is 5.90. The number of ether oxygens (including phenoxy) is 2. The van der Waals surface area contributed by atoms with Gasteiger partial charge >= 0.3 is 6.09 Å². The summed E-state index contributed by atoms with van der Waals surface area (Å²) < 4.78 is 25.9. The number of benzene rings is 1. The number of nitrogens with zero attached hydrogens (tertiary/aromatic N) is 2. The number of hydrogen-bond donors (Lipinski definition) is 1. The standard InChI is InChI=1S/C27H37FN2O5/c1-26(33)16-30(17-26)24(31)14-20-3-4-21(15-23(20)28)34-12-7-19-13-22(19)18-5-10-29(11-6-18)25(32)35-27(2)8-9-27/h3-4,15,18-19,22,33H,5-14,16-17H2,1-2H3. The number of likely N-dealkylation sites (tertiary alicyclic amines) is 2. The van der Waals surface area contributed by atoms with Crippen molar-refractivity contribution < 1.29 is 28.6 Å². The summed E-state index contributed by atoms with van der Waals surface area (Å²) in [6.45, 7) is 6.38. The van der Waals surface area contributed by atoms with Crippen molar-refractivity contribution in [2.75, 3.05) is 32.8 Å². The van der Waals surface area contributed by atoms with Crippen LogP contribution in [0, 0.1) is 23.6 Å². The fourth-order valence-electron chi connectivity index (χ4n) is 5.56. The van der Waals surface area contributed by atoms with Crippen LogP contribution in [0.2, 0.25) is 0 Å². The quantitative estimate of drug-likeness (QED) is 0.603. The SMILES string of the molecule is CC1(O)CN(C(=O)Cc2ccc(OCCC3CC3C3CCN(C(=O)OC4(C)CC4)CC3)cc2F)C1. The first-order valence-corrected chi connectivity index (χ1v) is 13.0. The lowest BCUT2D eigenvalue weighted by molar-refractivity contribution is -0.151. The van der Waals surface area contributed by atoms with Gasteiger partial charge in [0.15, 0.2) is 0 Å². The molecular formula is C27H37FN2O5. The molecule has 2 aliphatic carbocycles. The zero-order valence-corrected chi connectivity index (χ0v) is 20.8. The molecule has 0 spiro atoms. The number of piperidine rings is 1. The molecule has 192 valence electrons. The molecule has 8 heteroatoms. The highest BCUT2D eigenvalue weighted by Gasteiger charge is 2.45. The van der Waals surface area contributed by atoms with Gasteiger partial charge in [-0.3, -0.25) is 4.79 Å². The Balaban J connectivity index is 0.995. The van der Waals surface area contributed by atoms with Gasteiger partial charge in [-0.15, -0.1) is 0 Å². The van der Waals surface area contributed by atoms with Crippen LogP contribution in [-0.4, -0.2) is 70.9 Å². The molecule has 1 aromatic rings. The Morgan fingerprint density at radius 3 is 2.49 bits per heavy atom. The van der Waals surface area contributed by atoms with Crippen LogP contribution < -0.4 is 4.74 Å². The molecule has 4 aliphatic rings. The Bertz CT molecular complexity index is 962. The highest BCUT2D eigenvalue weighted by Crippen LogP contribution is 2.50. The van der Waals surface area contributed by atoms with Gasteiger partial charge in [0, 0.05) is 19.2 Å². The summed E-state index contributed by atoms with van der Waals surface area (Å²) in [6, 6.07) is 4.69. The van der Waals surface area contributed by atoms with Crippen molar-refractivity contribution in [1.29, 1.82) is 0 Å². The number of amides is 2. The number of carbonyl (C=O) groups is 2. The lowest BCUT2D eigenvalue weighted by Crippen LogP contribution is -2.62. The Labute approximate surface area is 206 Å². The third-order valence-corrected chi connectivity index (χ3v) is 8.21.